The van der Waals surface area contributed by atoms with E-state index < -0.39 is 10.0 Å². The van der Waals surface area contributed by atoms with Gasteiger partial charge in [-0.05, 0) is 74.5 Å². The van der Waals surface area contributed by atoms with Crippen molar-refractivity contribution in [3.63, 3.8) is 0 Å². The van der Waals surface area contributed by atoms with Crippen LogP contribution in [0.25, 0.3) is 0 Å². The number of aryl methyl sites for hydroxylation is 1. The summed E-state index contributed by atoms with van der Waals surface area (Å²) in [5.41, 5.74) is 2.03. The number of halogens is 1. The molecule has 8 heteroatoms. The Morgan fingerprint density at radius 3 is 2.48 bits per heavy atom. The molecule has 1 amide bonds. The molecule has 1 aliphatic heterocycles. The predicted octanol–water partition coefficient (Wildman–Crippen LogP) is 3.55. The van der Waals surface area contributed by atoms with Crippen LogP contribution in [0, 0.1) is 18.3 Å². The first-order valence-electron chi connectivity index (χ1n) is 9.60. The number of piperidine rings is 1. The second-order valence-electron chi connectivity index (χ2n) is 7.81. The average molecular weight is 436 g/mol. The number of carbonyl (C=O) groups excluding carboxylic acids is 1. The van der Waals surface area contributed by atoms with E-state index in [0.29, 0.717) is 11.4 Å². The van der Waals surface area contributed by atoms with Gasteiger partial charge >= 0.3 is 0 Å². The van der Waals surface area contributed by atoms with E-state index >= 15 is 0 Å². The van der Waals surface area contributed by atoms with Gasteiger partial charge in [0.25, 0.3) is 10.0 Å². The van der Waals surface area contributed by atoms with Crippen molar-refractivity contribution in [2.24, 2.45) is 11.3 Å². The van der Waals surface area contributed by atoms with Crippen molar-refractivity contribution < 1.29 is 13.2 Å². The fourth-order valence-electron chi connectivity index (χ4n) is 4.04. The molecule has 1 unspecified atom stereocenters. The van der Waals surface area contributed by atoms with Crippen LogP contribution in [0.3, 0.4) is 0 Å². The van der Waals surface area contributed by atoms with Gasteiger partial charge in [-0.25, -0.2) is 8.42 Å². The van der Waals surface area contributed by atoms with Crippen molar-refractivity contribution in [1.82, 2.24) is 5.32 Å². The third kappa shape index (κ3) is 4.57. The SMILES string of the molecule is Cc1ccc(NC(=O)C2CC23CCNCC3)cc1NS(=O)(=O)c1ccccc1.Cl. The maximum atomic E-state index is 12.7. The van der Waals surface area contributed by atoms with Gasteiger partial charge in [0.15, 0.2) is 0 Å². The quantitative estimate of drug-likeness (QED) is 0.670. The Kier molecular flexibility index (Phi) is 6.22. The van der Waals surface area contributed by atoms with E-state index in [1.165, 1.54) is 0 Å². The van der Waals surface area contributed by atoms with Gasteiger partial charge in [0, 0.05) is 11.6 Å². The van der Waals surface area contributed by atoms with Crippen LogP contribution in [0.4, 0.5) is 11.4 Å². The summed E-state index contributed by atoms with van der Waals surface area (Å²) in [6.45, 7) is 3.78. The van der Waals surface area contributed by atoms with Crippen molar-refractivity contribution >= 4 is 39.7 Å². The minimum absolute atomic E-state index is 0. The summed E-state index contributed by atoms with van der Waals surface area (Å²) in [6.07, 6.45) is 3.03. The summed E-state index contributed by atoms with van der Waals surface area (Å²) in [5.74, 6) is 0.0861. The van der Waals surface area contributed by atoms with E-state index in [0.717, 1.165) is 37.9 Å². The zero-order valence-corrected chi connectivity index (χ0v) is 17.9. The molecule has 0 bridgehead atoms. The molecule has 4 rings (SSSR count). The molecule has 29 heavy (non-hydrogen) atoms. The molecule has 6 nitrogen and oxygen atoms in total. The molecule has 1 saturated carbocycles. The van der Waals surface area contributed by atoms with Gasteiger partial charge in [0.2, 0.25) is 5.91 Å². The molecule has 3 N–H and O–H groups in total. The summed E-state index contributed by atoms with van der Waals surface area (Å²) in [7, 11) is -3.68. The minimum atomic E-state index is -3.68. The van der Waals surface area contributed by atoms with Crippen LogP contribution < -0.4 is 15.4 Å². The van der Waals surface area contributed by atoms with Crippen LogP contribution in [0.15, 0.2) is 53.4 Å². The highest BCUT2D eigenvalue weighted by Gasteiger charge is 2.57. The van der Waals surface area contributed by atoms with Crippen molar-refractivity contribution in [2.75, 3.05) is 23.1 Å². The molecule has 2 aromatic rings. The van der Waals surface area contributed by atoms with Crippen LogP contribution in [0.1, 0.15) is 24.8 Å². The highest BCUT2D eigenvalue weighted by Crippen LogP contribution is 2.58. The molecule has 2 aromatic carbocycles. The molecule has 0 radical (unpaired) electrons. The molecule has 2 fully saturated rings. The third-order valence-electron chi connectivity index (χ3n) is 5.91. The zero-order chi connectivity index (χ0) is 19.8. The van der Waals surface area contributed by atoms with Crippen LogP contribution in [0.5, 0.6) is 0 Å². The molecule has 2 aliphatic rings. The van der Waals surface area contributed by atoms with Crippen molar-refractivity contribution in [1.29, 1.82) is 0 Å². The lowest BCUT2D eigenvalue weighted by Crippen LogP contribution is -2.31. The molecular formula is C21H26ClN3O3S. The number of benzene rings is 2. The average Bonchev–Trinajstić information content (AvgIpc) is 3.38. The van der Waals surface area contributed by atoms with E-state index in [-0.39, 0.29) is 34.5 Å². The Balaban J connectivity index is 0.00000240. The lowest BCUT2D eigenvalue weighted by molar-refractivity contribution is -0.118. The van der Waals surface area contributed by atoms with Crippen LogP contribution in [-0.4, -0.2) is 27.4 Å². The van der Waals surface area contributed by atoms with Crippen LogP contribution in [0.2, 0.25) is 0 Å². The molecule has 156 valence electrons. The van der Waals surface area contributed by atoms with Gasteiger partial charge in [-0.1, -0.05) is 24.3 Å². The minimum Gasteiger partial charge on any atom is -0.326 e. The van der Waals surface area contributed by atoms with Crippen molar-refractivity contribution in [3.8, 4) is 0 Å². The Morgan fingerprint density at radius 2 is 1.79 bits per heavy atom. The van der Waals surface area contributed by atoms with Crippen molar-refractivity contribution in [2.45, 2.75) is 31.1 Å². The summed E-state index contributed by atoms with van der Waals surface area (Å²) in [5, 5.41) is 6.32. The Bertz CT molecular complexity index is 989. The highest BCUT2D eigenvalue weighted by atomic mass is 35.5. The predicted molar refractivity (Wildman–Crippen MR) is 117 cm³/mol. The smallest absolute Gasteiger partial charge is 0.261 e. The van der Waals surface area contributed by atoms with Gasteiger partial charge in [-0.3, -0.25) is 9.52 Å². The number of hydrogen-bond acceptors (Lipinski definition) is 4. The lowest BCUT2D eigenvalue weighted by Gasteiger charge is -2.23. The summed E-state index contributed by atoms with van der Waals surface area (Å²) in [4.78, 5) is 12.9. The number of amides is 1. The highest BCUT2D eigenvalue weighted by molar-refractivity contribution is 7.92. The van der Waals surface area contributed by atoms with Crippen molar-refractivity contribution in [3.05, 3.63) is 54.1 Å². The molecule has 1 heterocycles. The van der Waals surface area contributed by atoms with E-state index in [2.05, 4.69) is 15.4 Å². The van der Waals surface area contributed by atoms with E-state index in [9.17, 15) is 13.2 Å². The zero-order valence-electron chi connectivity index (χ0n) is 16.3. The van der Waals surface area contributed by atoms with E-state index in [1.54, 1.807) is 36.4 Å². The Labute approximate surface area is 177 Å². The number of sulfonamides is 1. The largest absolute Gasteiger partial charge is 0.326 e. The normalized spacial score (nSPS) is 19.8. The second-order valence-corrected chi connectivity index (χ2v) is 9.49. The van der Waals surface area contributed by atoms with Crippen LogP contribution >= 0.6 is 12.4 Å². The van der Waals surface area contributed by atoms with Gasteiger partial charge in [0.05, 0.1) is 10.6 Å². The standard InChI is InChI=1S/C21H25N3O3S.ClH/c1-15-7-8-16(23-20(25)18-14-21(18)9-11-22-12-10-21)13-19(15)24-28(26,27)17-5-3-2-4-6-17;/h2-8,13,18,22,24H,9-12,14H2,1H3,(H,23,25);1H. The molecule has 1 saturated heterocycles. The topological polar surface area (TPSA) is 87.3 Å². The first-order valence-corrected chi connectivity index (χ1v) is 11.1. The number of anilines is 2. The first kappa shape index (κ1) is 21.6. The molecule has 1 spiro atoms. The first-order chi connectivity index (χ1) is 13.4. The summed E-state index contributed by atoms with van der Waals surface area (Å²) >= 11 is 0. The number of rotatable bonds is 5. The molecular weight excluding hydrogens is 410 g/mol. The Morgan fingerprint density at radius 1 is 1.10 bits per heavy atom. The monoisotopic (exact) mass is 435 g/mol. The fraction of sp³-hybridized carbons (Fsp3) is 0.381. The fourth-order valence-corrected chi connectivity index (χ4v) is 5.18. The van der Waals surface area contributed by atoms with Gasteiger partial charge in [-0.15, -0.1) is 12.4 Å². The summed E-state index contributed by atoms with van der Waals surface area (Å²) < 4.78 is 27.8. The van der Waals surface area contributed by atoms with E-state index in [1.807, 2.05) is 19.1 Å². The maximum Gasteiger partial charge on any atom is 0.261 e. The van der Waals surface area contributed by atoms with E-state index in [4.69, 9.17) is 0 Å². The third-order valence-corrected chi connectivity index (χ3v) is 7.29. The number of hydrogen-bond donors (Lipinski definition) is 3. The number of nitrogens with one attached hydrogen (secondary N) is 3. The number of carbonyl (C=O) groups is 1. The van der Waals surface area contributed by atoms with Gasteiger partial charge < -0.3 is 10.6 Å². The summed E-state index contributed by atoms with van der Waals surface area (Å²) in [6, 6.07) is 13.5. The van der Waals surface area contributed by atoms with Crippen LogP contribution in [-0.2, 0) is 14.8 Å². The van der Waals surface area contributed by atoms with Gasteiger partial charge in [-0.2, -0.15) is 0 Å². The maximum absolute atomic E-state index is 12.7. The second kappa shape index (κ2) is 8.34. The lowest BCUT2D eigenvalue weighted by atomic mass is 9.92. The molecule has 1 atom stereocenters. The Hall–Kier alpha value is -2.09. The molecule has 1 aliphatic carbocycles. The van der Waals surface area contributed by atoms with Gasteiger partial charge in [0.1, 0.15) is 0 Å². The molecule has 0 aromatic heterocycles.